The van der Waals surface area contributed by atoms with Gasteiger partial charge in [-0.05, 0) is 101 Å². The van der Waals surface area contributed by atoms with Crippen LogP contribution in [0, 0.1) is 6.92 Å². The third-order valence-corrected chi connectivity index (χ3v) is 7.83. The second-order valence-electron chi connectivity index (χ2n) is 9.94. The first-order valence-electron chi connectivity index (χ1n) is 13.1. The number of aryl methyl sites for hydroxylation is 2. The van der Waals surface area contributed by atoms with Crippen LogP contribution in [0.2, 0.25) is 0 Å². The second-order valence-corrected chi connectivity index (χ2v) is 10.8. The number of amides is 1. The Morgan fingerprint density at radius 3 is 2.78 bits per heavy atom. The fraction of sp³-hybridized carbons (Fsp3) is 0.133. The molecule has 202 valence electrons. The molecule has 11 heteroatoms. The molecule has 0 bridgehead atoms. The molecule has 0 saturated heterocycles. The Hall–Kier alpha value is -4.90. The van der Waals surface area contributed by atoms with Gasteiger partial charge in [-0.25, -0.2) is 24.6 Å². The third kappa shape index (κ3) is 4.44. The smallest absolute Gasteiger partial charge is 0.253 e. The van der Waals surface area contributed by atoms with Crippen molar-refractivity contribution in [2.24, 2.45) is 0 Å². The molecule has 0 aliphatic heterocycles. The van der Waals surface area contributed by atoms with Crippen molar-refractivity contribution in [3.8, 4) is 22.9 Å². The lowest BCUT2D eigenvalue weighted by atomic mass is 10.1. The van der Waals surface area contributed by atoms with Crippen LogP contribution in [0.4, 0.5) is 5.82 Å². The van der Waals surface area contributed by atoms with Gasteiger partial charge in [0.1, 0.15) is 15.9 Å². The first-order chi connectivity index (χ1) is 20.0. The minimum atomic E-state index is -0.130. The highest BCUT2D eigenvalue weighted by atomic mass is 79.9. The number of nitrogens with two attached hydrogens (primary N) is 1. The first-order valence-corrected chi connectivity index (χ1v) is 13.9. The van der Waals surface area contributed by atoms with Crippen molar-refractivity contribution in [1.82, 2.24) is 39.6 Å². The Labute approximate surface area is 243 Å². The van der Waals surface area contributed by atoms with Crippen molar-refractivity contribution >= 4 is 38.8 Å². The summed E-state index contributed by atoms with van der Waals surface area (Å²) in [5.74, 6) is 1.58. The summed E-state index contributed by atoms with van der Waals surface area (Å²) in [5, 5.41) is 7.54. The second kappa shape index (κ2) is 9.93. The van der Waals surface area contributed by atoms with Crippen LogP contribution < -0.4 is 11.1 Å². The number of nitrogens with one attached hydrogen (secondary N) is 1. The maximum Gasteiger partial charge on any atom is 0.253 e. The van der Waals surface area contributed by atoms with Gasteiger partial charge in [0, 0.05) is 30.5 Å². The van der Waals surface area contributed by atoms with Crippen molar-refractivity contribution in [3.05, 3.63) is 106 Å². The fourth-order valence-electron chi connectivity index (χ4n) is 5.40. The number of fused-ring (bicyclic) bond motifs is 2. The highest BCUT2D eigenvalue weighted by Crippen LogP contribution is 2.36. The first kappa shape index (κ1) is 25.1. The van der Waals surface area contributed by atoms with E-state index in [1.54, 1.807) is 23.3 Å². The zero-order chi connectivity index (χ0) is 28.1. The molecule has 0 saturated carbocycles. The molecule has 3 N–H and O–H groups in total. The van der Waals surface area contributed by atoms with E-state index in [1.165, 1.54) is 0 Å². The number of nitrogen functional groups attached to an aromatic ring is 1. The molecule has 0 fully saturated rings. The fourth-order valence-corrected chi connectivity index (χ4v) is 5.85. The quantitative estimate of drug-likeness (QED) is 0.260. The maximum absolute atomic E-state index is 13.1. The molecule has 1 amide bonds. The molecule has 10 nitrogen and oxygen atoms in total. The molecule has 41 heavy (non-hydrogen) atoms. The van der Waals surface area contributed by atoms with Gasteiger partial charge in [0.15, 0.2) is 17.3 Å². The van der Waals surface area contributed by atoms with Crippen LogP contribution in [0.25, 0.3) is 34.1 Å². The van der Waals surface area contributed by atoms with Gasteiger partial charge in [0.25, 0.3) is 5.91 Å². The molecule has 1 aromatic carbocycles. The molecular formula is C30H24BrN9O. The van der Waals surface area contributed by atoms with Crippen LogP contribution in [0.5, 0.6) is 0 Å². The molecule has 0 unspecified atom stereocenters. The predicted octanol–water partition coefficient (Wildman–Crippen LogP) is 5.13. The standard InChI is InChI=1S/C30H24BrN9O/c1-17-14-25(31)34-16-22(17)30(41)37-23-8-5-18-15-19(6-7-20(18)23)40-28(21-4-2-11-33-27(21)32)36-24-9-10-26(38-29(24)40)39-13-3-12-35-39/h2-4,6-7,9-16,23H,5,8H2,1H3,(H2,32,33)(H,37,41)/t23-/m0/s1. The Bertz CT molecular complexity index is 1950. The number of benzene rings is 1. The van der Waals surface area contributed by atoms with Crippen molar-refractivity contribution < 1.29 is 4.79 Å². The van der Waals surface area contributed by atoms with E-state index in [0.717, 1.165) is 46.3 Å². The lowest BCUT2D eigenvalue weighted by Crippen LogP contribution is -2.27. The molecule has 5 heterocycles. The van der Waals surface area contributed by atoms with Crippen LogP contribution >= 0.6 is 15.9 Å². The number of pyridine rings is 3. The number of nitrogens with zero attached hydrogens (tertiary/aromatic N) is 7. The van der Waals surface area contributed by atoms with Gasteiger partial charge in [-0.1, -0.05) is 6.07 Å². The summed E-state index contributed by atoms with van der Waals surface area (Å²) in [6.07, 6.45) is 8.47. The lowest BCUT2D eigenvalue weighted by molar-refractivity contribution is 0.0935. The summed E-state index contributed by atoms with van der Waals surface area (Å²) in [4.78, 5) is 31.5. The largest absolute Gasteiger partial charge is 0.383 e. The SMILES string of the molecule is Cc1cc(Br)ncc1C(=O)N[C@H]1CCc2cc(-n3c(-c4cccnc4N)nc4ccc(-n5cccn5)nc43)ccc21. The van der Waals surface area contributed by atoms with E-state index in [1.807, 2.05) is 60.2 Å². The van der Waals surface area contributed by atoms with Gasteiger partial charge in [-0.3, -0.25) is 9.36 Å². The highest BCUT2D eigenvalue weighted by molar-refractivity contribution is 9.10. The van der Waals surface area contributed by atoms with Crippen molar-refractivity contribution in [3.63, 3.8) is 0 Å². The van der Waals surface area contributed by atoms with Crippen LogP contribution in [0.3, 0.4) is 0 Å². The maximum atomic E-state index is 13.1. The lowest BCUT2D eigenvalue weighted by Gasteiger charge is -2.16. The van der Waals surface area contributed by atoms with Crippen LogP contribution in [0.15, 0.2) is 84.0 Å². The molecule has 0 radical (unpaired) electrons. The summed E-state index contributed by atoms with van der Waals surface area (Å²) in [6.45, 7) is 1.91. The van der Waals surface area contributed by atoms with Crippen LogP contribution in [0.1, 0.15) is 39.5 Å². The minimum Gasteiger partial charge on any atom is -0.383 e. The van der Waals surface area contributed by atoms with E-state index in [-0.39, 0.29) is 11.9 Å². The molecule has 6 aromatic rings. The van der Waals surface area contributed by atoms with E-state index in [4.69, 9.17) is 15.7 Å². The number of hydrogen-bond donors (Lipinski definition) is 2. The Morgan fingerprint density at radius 1 is 1.07 bits per heavy atom. The van der Waals surface area contributed by atoms with E-state index in [2.05, 4.69) is 48.4 Å². The summed E-state index contributed by atoms with van der Waals surface area (Å²) in [7, 11) is 0. The topological polar surface area (TPSA) is 129 Å². The Balaban J connectivity index is 1.30. The minimum absolute atomic E-state index is 0.0906. The number of hydrogen-bond acceptors (Lipinski definition) is 7. The van der Waals surface area contributed by atoms with Gasteiger partial charge in [0.2, 0.25) is 0 Å². The number of halogens is 1. The van der Waals surface area contributed by atoms with E-state index < -0.39 is 0 Å². The van der Waals surface area contributed by atoms with Gasteiger partial charge in [-0.15, -0.1) is 0 Å². The van der Waals surface area contributed by atoms with Crippen LogP contribution in [-0.2, 0) is 6.42 Å². The Kier molecular flexibility index (Phi) is 6.08. The zero-order valence-electron chi connectivity index (χ0n) is 22.0. The highest BCUT2D eigenvalue weighted by Gasteiger charge is 2.27. The summed E-state index contributed by atoms with van der Waals surface area (Å²) in [5.41, 5.74) is 13.0. The number of anilines is 1. The molecular weight excluding hydrogens is 582 g/mol. The van der Waals surface area contributed by atoms with Crippen molar-refractivity contribution in [1.29, 1.82) is 0 Å². The molecule has 1 atom stereocenters. The normalized spacial score (nSPS) is 14.3. The third-order valence-electron chi connectivity index (χ3n) is 7.40. The number of rotatable bonds is 5. The predicted molar refractivity (Wildman–Crippen MR) is 159 cm³/mol. The number of aromatic nitrogens is 7. The van der Waals surface area contributed by atoms with Gasteiger partial charge >= 0.3 is 0 Å². The summed E-state index contributed by atoms with van der Waals surface area (Å²) < 4.78 is 4.43. The van der Waals surface area contributed by atoms with E-state index >= 15 is 0 Å². The number of imidazole rings is 1. The van der Waals surface area contributed by atoms with Gasteiger partial charge in [0.05, 0.1) is 17.2 Å². The van der Waals surface area contributed by atoms with Crippen molar-refractivity contribution in [2.45, 2.75) is 25.8 Å². The average molecular weight is 606 g/mol. The van der Waals surface area contributed by atoms with Gasteiger partial charge < -0.3 is 11.1 Å². The molecule has 7 rings (SSSR count). The molecule has 5 aromatic heterocycles. The molecule has 0 spiro atoms. The Morgan fingerprint density at radius 2 is 1.98 bits per heavy atom. The monoisotopic (exact) mass is 605 g/mol. The average Bonchev–Trinajstić information content (AvgIpc) is 3.72. The van der Waals surface area contributed by atoms with E-state index in [9.17, 15) is 4.79 Å². The summed E-state index contributed by atoms with van der Waals surface area (Å²) >= 11 is 3.36. The van der Waals surface area contributed by atoms with Gasteiger partial charge in [-0.2, -0.15) is 5.10 Å². The zero-order valence-corrected chi connectivity index (χ0v) is 23.6. The molecule has 1 aliphatic carbocycles. The van der Waals surface area contributed by atoms with Crippen LogP contribution in [-0.4, -0.2) is 40.2 Å². The molecule has 1 aliphatic rings. The number of carbonyl (C=O) groups is 1. The summed E-state index contributed by atoms with van der Waals surface area (Å²) in [6, 6.07) is 17.4. The van der Waals surface area contributed by atoms with Crippen molar-refractivity contribution in [2.75, 3.05) is 5.73 Å². The van der Waals surface area contributed by atoms with E-state index in [0.29, 0.717) is 33.3 Å². The number of carbonyl (C=O) groups excluding carboxylic acids is 1.